The minimum absolute atomic E-state index is 0.118. The highest BCUT2D eigenvalue weighted by Crippen LogP contribution is 2.58. The summed E-state index contributed by atoms with van der Waals surface area (Å²) in [4.78, 5) is 51.5. The number of carbonyl (C=O) groups is 2. The number of fused-ring (bicyclic) bond motifs is 6. The van der Waals surface area contributed by atoms with E-state index < -0.39 is 11.2 Å². The molecule has 0 aliphatic carbocycles. The maximum Gasteiger partial charge on any atom is 0.410 e. The largest absolute Gasteiger partial charge is 0.444 e. The smallest absolute Gasteiger partial charge is 0.410 e. The minimum atomic E-state index is -0.546. The lowest BCUT2D eigenvalue weighted by molar-refractivity contribution is 0.0208. The third-order valence-electron chi connectivity index (χ3n) is 11.6. The van der Waals surface area contributed by atoms with Crippen LogP contribution in [0.25, 0.3) is 43.2 Å². The number of carbonyl (C=O) groups excluding carboxylic acids is 2. The van der Waals surface area contributed by atoms with Crippen LogP contribution in [0.3, 0.4) is 0 Å². The number of benzene rings is 2. The Morgan fingerprint density at radius 1 is 0.727 bits per heavy atom. The molecule has 9 rings (SSSR count). The van der Waals surface area contributed by atoms with E-state index in [1.165, 1.54) is 32.7 Å². The van der Waals surface area contributed by atoms with Gasteiger partial charge in [-0.2, -0.15) is 0 Å². The van der Waals surface area contributed by atoms with Crippen molar-refractivity contribution < 1.29 is 19.1 Å². The number of H-pyrrole nitrogens is 2. The molecule has 4 atom stereocenters. The standard InChI is InChI=1S/C43H51N7O4S/c1-42(2,3)53-40(51)49-20-8-10-32(49)38-44-23-29(47-38)35-19-18-34(55-35)26-14-13-25(36-30-16-17-31(37(26)36)48(30)7)24-12-15-27-28(22-24)46-39(45-27)33-11-9-21-50(33)41(52)54-43(4,5)6/h12-15,18-19,22-23,30-33H,8-11,16-17,20-21H2,1-7H3,(H,44,47)(H,45,46)/t30?,31?,32-,33-/m0/s1. The zero-order valence-corrected chi connectivity index (χ0v) is 33.7. The Kier molecular flexibility index (Phi) is 8.65. The fourth-order valence-corrected chi connectivity index (χ4v) is 10.3. The molecule has 2 aromatic carbocycles. The number of likely N-dealkylation sites (tertiary alicyclic amines) is 2. The molecule has 7 heterocycles. The lowest BCUT2D eigenvalue weighted by Gasteiger charge is -2.27. The van der Waals surface area contributed by atoms with Gasteiger partial charge in [-0.3, -0.25) is 14.7 Å². The van der Waals surface area contributed by atoms with Crippen LogP contribution in [0.2, 0.25) is 0 Å². The third kappa shape index (κ3) is 6.50. The molecule has 2 unspecified atom stereocenters. The Hall–Kier alpha value is -4.68. The molecule has 3 fully saturated rings. The third-order valence-corrected chi connectivity index (χ3v) is 12.7. The summed E-state index contributed by atoms with van der Waals surface area (Å²) in [6.45, 7) is 12.7. The number of nitrogens with zero attached hydrogens (tertiary/aromatic N) is 5. The lowest BCUT2D eigenvalue weighted by atomic mass is 9.83. The molecule has 3 saturated heterocycles. The molecule has 0 saturated carbocycles. The topological polar surface area (TPSA) is 120 Å². The van der Waals surface area contributed by atoms with Crippen molar-refractivity contribution in [3.05, 3.63) is 71.4 Å². The van der Waals surface area contributed by atoms with Gasteiger partial charge in [-0.05, 0) is 139 Å². The molecule has 4 aliphatic heterocycles. The Bertz CT molecular complexity index is 2290. The summed E-state index contributed by atoms with van der Waals surface area (Å²) < 4.78 is 11.4. The summed E-state index contributed by atoms with van der Waals surface area (Å²) in [5.74, 6) is 1.62. The van der Waals surface area contributed by atoms with Crippen LogP contribution in [0.4, 0.5) is 9.59 Å². The highest BCUT2D eigenvalue weighted by atomic mass is 32.1. The van der Waals surface area contributed by atoms with Gasteiger partial charge in [0.1, 0.15) is 22.9 Å². The highest BCUT2D eigenvalue weighted by molar-refractivity contribution is 7.18. The summed E-state index contributed by atoms with van der Waals surface area (Å²) in [7, 11) is 2.27. The number of nitrogens with one attached hydrogen (secondary N) is 2. The second-order valence-electron chi connectivity index (χ2n) is 17.6. The summed E-state index contributed by atoms with van der Waals surface area (Å²) >= 11 is 1.78. The van der Waals surface area contributed by atoms with Gasteiger partial charge < -0.3 is 19.4 Å². The molecule has 5 aromatic rings. The van der Waals surface area contributed by atoms with E-state index in [2.05, 4.69) is 64.4 Å². The van der Waals surface area contributed by atoms with E-state index in [-0.39, 0.29) is 24.3 Å². The Balaban J connectivity index is 1.00. The molecule has 0 spiro atoms. The van der Waals surface area contributed by atoms with Crippen LogP contribution in [0.1, 0.15) is 127 Å². The van der Waals surface area contributed by atoms with Crippen LogP contribution in [0, 0.1) is 0 Å². The first kappa shape index (κ1) is 36.0. The summed E-state index contributed by atoms with van der Waals surface area (Å²) in [6, 6.07) is 16.1. The number of amides is 2. The van der Waals surface area contributed by atoms with Gasteiger partial charge in [0.2, 0.25) is 0 Å². The average molecular weight is 762 g/mol. The van der Waals surface area contributed by atoms with E-state index >= 15 is 0 Å². The van der Waals surface area contributed by atoms with Crippen LogP contribution in [0.5, 0.6) is 0 Å². The predicted molar refractivity (Wildman–Crippen MR) is 215 cm³/mol. The molecular formula is C43H51N7O4S. The number of ether oxygens (including phenoxy) is 2. The Labute approximate surface area is 326 Å². The maximum atomic E-state index is 13.1. The lowest BCUT2D eigenvalue weighted by Crippen LogP contribution is -2.36. The van der Waals surface area contributed by atoms with Crippen molar-refractivity contribution in [2.24, 2.45) is 0 Å². The number of aromatic nitrogens is 4. The molecule has 0 radical (unpaired) electrons. The SMILES string of the molecule is CN1C2CCC1c1c(-c3ccc(-c4cnc([C@@H]5CCCN5C(=O)OC(C)(C)C)[nH]4)s3)ccc(-c3ccc4nc([C@@H]5CCCN5C(=O)OC(C)(C)C)[nH]c4c3)c12. The van der Waals surface area contributed by atoms with Crippen molar-refractivity contribution >= 4 is 34.6 Å². The Morgan fingerprint density at radius 2 is 1.33 bits per heavy atom. The quantitative estimate of drug-likeness (QED) is 0.183. The van der Waals surface area contributed by atoms with Gasteiger partial charge in [-0.15, -0.1) is 11.3 Å². The Morgan fingerprint density at radius 3 is 1.98 bits per heavy atom. The molecule has 4 aliphatic rings. The van der Waals surface area contributed by atoms with Gasteiger partial charge >= 0.3 is 12.2 Å². The van der Waals surface area contributed by atoms with Gasteiger partial charge in [-0.25, -0.2) is 19.6 Å². The molecule has 12 heteroatoms. The van der Waals surface area contributed by atoms with E-state index in [4.69, 9.17) is 19.4 Å². The number of imidazole rings is 2. The van der Waals surface area contributed by atoms with Crippen LogP contribution in [0.15, 0.2) is 48.7 Å². The van der Waals surface area contributed by atoms with Crippen molar-refractivity contribution in [3.63, 3.8) is 0 Å². The molecular weight excluding hydrogens is 711 g/mol. The molecule has 2 amide bonds. The zero-order chi connectivity index (χ0) is 38.4. The second-order valence-corrected chi connectivity index (χ2v) is 18.7. The number of hydrogen-bond acceptors (Lipinski definition) is 8. The summed E-state index contributed by atoms with van der Waals surface area (Å²) in [6.07, 6.45) is 7.20. The molecule has 288 valence electrons. The molecule has 11 nitrogen and oxygen atoms in total. The minimum Gasteiger partial charge on any atom is -0.444 e. The number of rotatable bonds is 5. The maximum absolute atomic E-state index is 13.1. The van der Waals surface area contributed by atoms with Crippen LogP contribution < -0.4 is 0 Å². The van der Waals surface area contributed by atoms with Crippen LogP contribution in [-0.4, -0.2) is 78.2 Å². The molecule has 2 bridgehead atoms. The van der Waals surface area contributed by atoms with Crippen molar-refractivity contribution in [1.29, 1.82) is 0 Å². The number of aromatic amines is 2. The van der Waals surface area contributed by atoms with Crippen LogP contribution >= 0.6 is 11.3 Å². The first-order valence-electron chi connectivity index (χ1n) is 19.8. The van der Waals surface area contributed by atoms with E-state index in [1.54, 1.807) is 11.3 Å². The fraction of sp³-hybridized carbons (Fsp3) is 0.488. The van der Waals surface area contributed by atoms with Gasteiger partial charge in [0.05, 0.1) is 39.9 Å². The molecule has 55 heavy (non-hydrogen) atoms. The molecule has 3 aromatic heterocycles. The normalized spacial score (nSPS) is 22.6. The molecule has 2 N–H and O–H groups in total. The second kappa shape index (κ2) is 13.2. The van der Waals surface area contributed by atoms with E-state index in [0.29, 0.717) is 25.2 Å². The summed E-state index contributed by atoms with van der Waals surface area (Å²) in [5.41, 5.74) is 8.38. The van der Waals surface area contributed by atoms with Gasteiger partial charge in [0.15, 0.2) is 0 Å². The van der Waals surface area contributed by atoms with E-state index in [1.807, 2.05) is 57.5 Å². The van der Waals surface area contributed by atoms with Gasteiger partial charge in [0.25, 0.3) is 0 Å². The number of hydrogen-bond donors (Lipinski definition) is 2. The average Bonchev–Trinajstić information content (AvgIpc) is 3.98. The fourth-order valence-electron chi connectivity index (χ4n) is 9.25. The summed E-state index contributed by atoms with van der Waals surface area (Å²) in [5, 5.41) is 0. The first-order valence-corrected chi connectivity index (χ1v) is 20.6. The van der Waals surface area contributed by atoms with Crippen molar-refractivity contribution in [3.8, 4) is 32.1 Å². The zero-order valence-electron chi connectivity index (χ0n) is 32.9. The highest BCUT2D eigenvalue weighted by Gasteiger charge is 2.45. The monoisotopic (exact) mass is 761 g/mol. The van der Waals surface area contributed by atoms with Crippen molar-refractivity contribution in [2.45, 2.75) is 115 Å². The van der Waals surface area contributed by atoms with Gasteiger partial charge in [-0.1, -0.05) is 18.2 Å². The number of thiophene rings is 1. The van der Waals surface area contributed by atoms with E-state index in [9.17, 15) is 9.59 Å². The van der Waals surface area contributed by atoms with Crippen LogP contribution in [-0.2, 0) is 9.47 Å². The predicted octanol–water partition coefficient (Wildman–Crippen LogP) is 10.3. The van der Waals surface area contributed by atoms with Gasteiger partial charge in [0, 0.05) is 30.1 Å². The van der Waals surface area contributed by atoms with Crippen molar-refractivity contribution in [2.75, 3.05) is 20.1 Å². The van der Waals surface area contributed by atoms with E-state index in [0.717, 1.165) is 71.8 Å². The first-order chi connectivity index (χ1) is 26.2. The van der Waals surface area contributed by atoms with Crippen molar-refractivity contribution in [1.82, 2.24) is 34.6 Å².